The summed E-state index contributed by atoms with van der Waals surface area (Å²) in [6, 6.07) is 5.86. The normalized spacial score (nSPS) is 16.8. The van der Waals surface area contributed by atoms with E-state index >= 15 is 0 Å². The van der Waals surface area contributed by atoms with E-state index in [1.807, 2.05) is 6.92 Å². The van der Waals surface area contributed by atoms with Crippen LogP contribution >= 0.6 is 0 Å². The third kappa shape index (κ3) is 4.80. The molecule has 1 saturated heterocycles. The molecule has 1 aromatic rings. The van der Waals surface area contributed by atoms with Crippen molar-refractivity contribution in [3.63, 3.8) is 0 Å². The van der Waals surface area contributed by atoms with E-state index in [2.05, 4.69) is 10.0 Å². The maximum absolute atomic E-state index is 12.0. The molecule has 1 aliphatic rings. The SMILES string of the molecule is CCCNS(=O)(=O)c1ccc(NC=C2C(=O)OC(C)(C)OC2=O)cc1. The van der Waals surface area contributed by atoms with Crippen LogP contribution in [0.15, 0.2) is 40.9 Å². The average molecular weight is 368 g/mol. The van der Waals surface area contributed by atoms with E-state index in [1.165, 1.54) is 44.3 Å². The minimum Gasteiger partial charge on any atom is -0.419 e. The first kappa shape index (κ1) is 18.9. The lowest BCUT2D eigenvalue weighted by molar-refractivity contribution is -0.222. The number of carbonyl (C=O) groups is 2. The Hall–Kier alpha value is -2.39. The molecule has 2 N–H and O–H groups in total. The van der Waals surface area contributed by atoms with Gasteiger partial charge < -0.3 is 14.8 Å². The lowest BCUT2D eigenvalue weighted by Crippen LogP contribution is -2.42. The molecule has 0 saturated carbocycles. The van der Waals surface area contributed by atoms with Gasteiger partial charge in [-0.25, -0.2) is 22.7 Å². The second-order valence-electron chi connectivity index (χ2n) is 5.80. The summed E-state index contributed by atoms with van der Waals surface area (Å²) >= 11 is 0. The Morgan fingerprint density at radius 1 is 1.08 bits per heavy atom. The van der Waals surface area contributed by atoms with E-state index in [4.69, 9.17) is 9.47 Å². The van der Waals surface area contributed by atoms with Crippen molar-refractivity contribution in [1.29, 1.82) is 0 Å². The van der Waals surface area contributed by atoms with Crippen molar-refractivity contribution < 1.29 is 27.5 Å². The van der Waals surface area contributed by atoms with E-state index < -0.39 is 27.7 Å². The molecule has 25 heavy (non-hydrogen) atoms. The lowest BCUT2D eigenvalue weighted by Gasteiger charge is -2.29. The first-order valence-electron chi connectivity index (χ1n) is 7.68. The van der Waals surface area contributed by atoms with Gasteiger partial charge in [0.2, 0.25) is 10.0 Å². The topological polar surface area (TPSA) is 111 Å². The van der Waals surface area contributed by atoms with Crippen LogP contribution in [0.5, 0.6) is 0 Å². The maximum atomic E-state index is 12.0. The number of cyclic esters (lactones) is 2. The summed E-state index contributed by atoms with van der Waals surface area (Å²) in [5, 5.41) is 2.75. The van der Waals surface area contributed by atoms with Crippen LogP contribution < -0.4 is 10.0 Å². The van der Waals surface area contributed by atoms with E-state index in [1.54, 1.807) is 0 Å². The molecule has 9 heteroatoms. The number of rotatable bonds is 6. The highest BCUT2D eigenvalue weighted by Gasteiger charge is 2.38. The zero-order valence-corrected chi connectivity index (χ0v) is 15.0. The number of esters is 2. The van der Waals surface area contributed by atoms with Crippen molar-refractivity contribution in [2.45, 2.75) is 37.9 Å². The number of nitrogens with one attached hydrogen (secondary N) is 2. The van der Waals surface area contributed by atoms with Crippen molar-refractivity contribution in [3.05, 3.63) is 36.0 Å². The van der Waals surface area contributed by atoms with Gasteiger partial charge in [-0.2, -0.15) is 0 Å². The van der Waals surface area contributed by atoms with Gasteiger partial charge in [-0.15, -0.1) is 0 Å². The Balaban J connectivity index is 2.09. The van der Waals surface area contributed by atoms with Gasteiger partial charge in [-0.3, -0.25) is 0 Å². The molecule has 0 aliphatic carbocycles. The molecule has 1 aromatic carbocycles. The smallest absolute Gasteiger partial charge is 0.350 e. The standard InChI is InChI=1S/C16H20N2O6S/c1-4-9-18-25(21,22)12-7-5-11(6-8-12)17-10-13-14(19)23-16(2,3)24-15(13)20/h5-8,10,17-18H,4,9H2,1-3H3. The van der Waals surface area contributed by atoms with Gasteiger partial charge in [-0.05, 0) is 30.7 Å². The van der Waals surface area contributed by atoms with Crippen molar-refractivity contribution >= 4 is 27.6 Å². The van der Waals surface area contributed by atoms with Crippen LogP contribution in [0, 0.1) is 0 Å². The quantitative estimate of drug-likeness (QED) is 0.445. The Morgan fingerprint density at radius 3 is 2.16 bits per heavy atom. The molecule has 0 aromatic heterocycles. The second-order valence-corrected chi connectivity index (χ2v) is 7.57. The summed E-state index contributed by atoms with van der Waals surface area (Å²) in [5.41, 5.74) is 0.216. The third-order valence-electron chi connectivity index (χ3n) is 3.21. The fourth-order valence-corrected chi connectivity index (χ4v) is 3.12. The summed E-state index contributed by atoms with van der Waals surface area (Å²) in [4.78, 5) is 23.7. The highest BCUT2D eigenvalue weighted by atomic mass is 32.2. The Kier molecular flexibility index (Phi) is 5.48. The largest absolute Gasteiger partial charge is 0.419 e. The maximum Gasteiger partial charge on any atom is 0.350 e. The molecular formula is C16H20N2O6S. The van der Waals surface area contributed by atoms with E-state index in [0.717, 1.165) is 0 Å². The number of carbonyl (C=O) groups excluding carboxylic acids is 2. The Morgan fingerprint density at radius 2 is 1.64 bits per heavy atom. The highest BCUT2D eigenvalue weighted by molar-refractivity contribution is 7.89. The minimum absolute atomic E-state index is 0.123. The summed E-state index contributed by atoms with van der Waals surface area (Å²) in [7, 11) is -3.55. The third-order valence-corrected chi connectivity index (χ3v) is 4.68. The van der Waals surface area contributed by atoms with Crippen LogP contribution in [0.2, 0.25) is 0 Å². The summed E-state index contributed by atoms with van der Waals surface area (Å²) in [6.07, 6.45) is 1.86. The molecule has 0 atom stereocenters. The van der Waals surface area contributed by atoms with E-state index in [-0.39, 0.29) is 10.5 Å². The van der Waals surface area contributed by atoms with Gasteiger partial charge in [0.1, 0.15) is 0 Å². The van der Waals surface area contributed by atoms with Crippen molar-refractivity contribution in [2.24, 2.45) is 0 Å². The van der Waals surface area contributed by atoms with E-state index in [9.17, 15) is 18.0 Å². The van der Waals surface area contributed by atoms with Gasteiger partial charge in [-0.1, -0.05) is 6.92 Å². The monoisotopic (exact) mass is 368 g/mol. The van der Waals surface area contributed by atoms with Crippen LogP contribution in [0.3, 0.4) is 0 Å². The molecule has 0 bridgehead atoms. The number of anilines is 1. The zero-order chi connectivity index (χ0) is 18.7. The zero-order valence-electron chi connectivity index (χ0n) is 14.2. The molecule has 0 amide bonds. The van der Waals surface area contributed by atoms with Crippen LogP contribution in [0.25, 0.3) is 0 Å². The molecule has 2 rings (SSSR count). The fourth-order valence-electron chi connectivity index (χ4n) is 1.98. The van der Waals surface area contributed by atoms with Crippen LogP contribution in [-0.2, 0) is 29.1 Å². The first-order valence-corrected chi connectivity index (χ1v) is 9.16. The van der Waals surface area contributed by atoms with Crippen molar-refractivity contribution in [3.8, 4) is 0 Å². The Bertz CT molecular complexity index is 774. The highest BCUT2D eigenvalue weighted by Crippen LogP contribution is 2.23. The number of hydrogen-bond donors (Lipinski definition) is 2. The number of hydrogen-bond acceptors (Lipinski definition) is 7. The van der Waals surface area contributed by atoms with Crippen LogP contribution in [0.4, 0.5) is 5.69 Å². The second kappa shape index (κ2) is 7.24. The van der Waals surface area contributed by atoms with Gasteiger partial charge in [0.15, 0.2) is 5.57 Å². The van der Waals surface area contributed by atoms with Crippen molar-refractivity contribution in [2.75, 3.05) is 11.9 Å². The van der Waals surface area contributed by atoms with Crippen LogP contribution in [-0.4, -0.2) is 32.7 Å². The van der Waals surface area contributed by atoms with Gasteiger partial charge in [0.25, 0.3) is 5.79 Å². The lowest BCUT2D eigenvalue weighted by atomic mass is 10.2. The number of sulfonamides is 1. The molecule has 1 heterocycles. The first-order chi connectivity index (χ1) is 11.6. The molecule has 1 fully saturated rings. The molecule has 0 radical (unpaired) electrons. The van der Waals surface area contributed by atoms with Gasteiger partial charge in [0, 0.05) is 32.3 Å². The van der Waals surface area contributed by atoms with Gasteiger partial charge in [0.05, 0.1) is 4.90 Å². The predicted octanol–water partition coefficient (Wildman–Crippen LogP) is 1.51. The Labute approximate surface area is 146 Å². The average Bonchev–Trinajstić information content (AvgIpc) is 2.51. The fraction of sp³-hybridized carbons (Fsp3) is 0.375. The summed E-state index contributed by atoms with van der Waals surface area (Å²) in [6.45, 7) is 5.14. The molecule has 1 aliphatic heterocycles. The number of ether oxygens (including phenoxy) is 2. The molecule has 0 spiro atoms. The summed E-state index contributed by atoms with van der Waals surface area (Å²) < 4.78 is 36.4. The van der Waals surface area contributed by atoms with Gasteiger partial charge >= 0.3 is 11.9 Å². The molecule has 0 unspecified atom stereocenters. The van der Waals surface area contributed by atoms with Crippen molar-refractivity contribution in [1.82, 2.24) is 4.72 Å². The summed E-state index contributed by atoms with van der Waals surface area (Å²) in [5.74, 6) is -2.89. The number of benzene rings is 1. The van der Waals surface area contributed by atoms with E-state index in [0.29, 0.717) is 18.7 Å². The van der Waals surface area contributed by atoms with Crippen LogP contribution in [0.1, 0.15) is 27.2 Å². The molecule has 136 valence electrons. The predicted molar refractivity (Wildman–Crippen MR) is 89.9 cm³/mol. The molecule has 8 nitrogen and oxygen atoms in total. The molecular weight excluding hydrogens is 348 g/mol. The minimum atomic E-state index is -3.55.